The molecule has 0 fully saturated rings. The van der Waals surface area contributed by atoms with Gasteiger partial charge in [-0.1, -0.05) is 28.6 Å². The largest absolute Gasteiger partial charge is 0.486 e. The molecule has 1 aliphatic heterocycles. The normalized spacial score (nSPS) is 13.5. The van der Waals surface area contributed by atoms with Crippen LogP contribution in [0.4, 0.5) is 5.00 Å². The molecule has 10 heteroatoms. The van der Waals surface area contributed by atoms with Crippen molar-refractivity contribution >= 4 is 43.8 Å². The Labute approximate surface area is 160 Å². The SMILES string of the molecule is C#CCn1c(=NC(=O)c2ccc([N+](=O)[O-])s2)sc2cc3c(cc21)OCCO3. The Morgan fingerprint density at radius 1 is 1.30 bits per heavy atom. The van der Waals surface area contributed by atoms with Crippen molar-refractivity contribution < 1.29 is 19.2 Å². The number of amides is 1. The number of nitro groups is 1. The number of aromatic nitrogens is 1. The number of fused-ring (bicyclic) bond motifs is 2. The van der Waals surface area contributed by atoms with E-state index in [1.54, 1.807) is 4.57 Å². The van der Waals surface area contributed by atoms with Crippen molar-refractivity contribution in [2.24, 2.45) is 4.99 Å². The molecule has 0 radical (unpaired) electrons. The fraction of sp³-hybridized carbons (Fsp3) is 0.176. The molecule has 1 amide bonds. The lowest BCUT2D eigenvalue weighted by molar-refractivity contribution is -0.380. The summed E-state index contributed by atoms with van der Waals surface area (Å²) in [5, 5.41) is 10.7. The second kappa shape index (κ2) is 6.86. The molecule has 27 heavy (non-hydrogen) atoms. The highest BCUT2D eigenvalue weighted by Crippen LogP contribution is 2.35. The van der Waals surface area contributed by atoms with E-state index >= 15 is 0 Å². The average Bonchev–Trinajstić information content (AvgIpc) is 3.26. The van der Waals surface area contributed by atoms with Crippen LogP contribution in [0.2, 0.25) is 0 Å². The second-order valence-electron chi connectivity index (χ2n) is 5.45. The van der Waals surface area contributed by atoms with Crippen LogP contribution in [0.1, 0.15) is 9.67 Å². The number of benzene rings is 1. The maximum absolute atomic E-state index is 12.5. The molecule has 0 saturated carbocycles. The molecule has 0 spiro atoms. The van der Waals surface area contributed by atoms with Crippen LogP contribution in [-0.4, -0.2) is 28.6 Å². The fourth-order valence-electron chi connectivity index (χ4n) is 2.62. The topological polar surface area (TPSA) is 96.0 Å². The van der Waals surface area contributed by atoms with Crippen molar-refractivity contribution in [3.63, 3.8) is 0 Å². The first-order valence-electron chi connectivity index (χ1n) is 7.76. The van der Waals surface area contributed by atoms with Gasteiger partial charge >= 0.3 is 5.00 Å². The van der Waals surface area contributed by atoms with E-state index in [9.17, 15) is 14.9 Å². The molecule has 8 nitrogen and oxygen atoms in total. The van der Waals surface area contributed by atoms with Crippen LogP contribution in [0.25, 0.3) is 10.2 Å². The Balaban J connectivity index is 1.83. The number of thiophene rings is 1. The van der Waals surface area contributed by atoms with Gasteiger partial charge in [0.15, 0.2) is 16.3 Å². The molecule has 3 aromatic rings. The standard InChI is InChI=1S/C17H11N3O5S2/c1-2-5-19-10-8-11-12(25-7-6-24-11)9-14(10)27-17(19)18-16(21)13-3-4-15(26-13)20(22)23/h1,3-4,8-9H,5-7H2. The summed E-state index contributed by atoms with van der Waals surface area (Å²) >= 11 is 2.08. The van der Waals surface area contributed by atoms with Crippen LogP contribution in [-0.2, 0) is 6.54 Å². The van der Waals surface area contributed by atoms with E-state index < -0.39 is 10.8 Å². The van der Waals surface area contributed by atoms with Gasteiger partial charge < -0.3 is 14.0 Å². The lowest BCUT2D eigenvalue weighted by Gasteiger charge is -2.18. The highest BCUT2D eigenvalue weighted by atomic mass is 32.1. The number of carbonyl (C=O) groups excluding carboxylic acids is 1. The maximum atomic E-state index is 12.5. The van der Waals surface area contributed by atoms with E-state index in [0.29, 0.717) is 29.5 Å². The first kappa shape index (κ1) is 17.3. The number of hydrogen-bond acceptors (Lipinski definition) is 7. The molecule has 4 rings (SSSR count). The summed E-state index contributed by atoms with van der Waals surface area (Å²) in [6.07, 6.45) is 5.47. The molecule has 0 N–H and O–H groups in total. The molecular weight excluding hydrogens is 390 g/mol. The van der Waals surface area contributed by atoms with Gasteiger partial charge in [0.05, 0.1) is 21.7 Å². The van der Waals surface area contributed by atoms with Gasteiger partial charge in [0.1, 0.15) is 18.1 Å². The van der Waals surface area contributed by atoms with Gasteiger partial charge in [0, 0.05) is 18.2 Å². The van der Waals surface area contributed by atoms with Gasteiger partial charge in [-0.15, -0.1) is 6.42 Å². The van der Waals surface area contributed by atoms with Gasteiger partial charge in [-0.2, -0.15) is 4.99 Å². The van der Waals surface area contributed by atoms with Crippen LogP contribution in [0.3, 0.4) is 0 Å². The Morgan fingerprint density at radius 3 is 2.70 bits per heavy atom. The van der Waals surface area contributed by atoms with Crippen LogP contribution in [0.15, 0.2) is 29.3 Å². The van der Waals surface area contributed by atoms with Gasteiger partial charge in [-0.05, 0) is 6.07 Å². The molecule has 0 unspecified atom stereocenters. The lowest BCUT2D eigenvalue weighted by Crippen LogP contribution is -2.17. The summed E-state index contributed by atoms with van der Waals surface area (Å²) in [5.41, 5.74) is 0.783. The number of terminal acetylenes is 1. The Morgan fingerprint density at radius 2 is 2.04 bits per heavy atom. The predicted octanol–water partition coefficient (Wildman–Crippen LogP) is 2.82. The zero-order valence-corrected chi connectivity index (χ0v) is 15.3. The van der Waals surface area contributed by atoms with E-state index in [1.807, 2.05) is 12.1 Å². The second-order valence-corrected chi connectivity index (χ2v) is 7.52. The third-order valence-electron chi connectivity index (χ3n) is 3.78. The molecule has 1 aliphatic rings. The molecule has 0 bridgehead atoms. The van der Waals surface area contributed by atoms with E-state index in [2.05, 4.69) is 10.9 Å². The minimum absolute atomic E-state index is 0.108. The van der Waals surface area contributed by atoms with Crippen LogP contribution in [0.5, 0.6) is 11.5 Å². The number of rotatable bonds is 3. The van der Waals surface area contributed by atoms with Crippen LogP contribution < -0.4 is 14.3 Å². The van der Waals surface area contributed by atoms with E-state index in [-0.39, 0.29) is 16.4 Å². The smallest absolute Gasteiger partial charge is 0.324 e. The molecule has 2 aromatic heterocycles. The van der Waals surface area contributed by atoms with Crippen LogP contribution >= 0.6 is 22.7 Å². The van der Waals surface area contributed by atoms with Crippen molar-refractivity contribution in [1.82, 2.24) is 4.57 Å². The Bertz CT molecular complexity index is 1180. The molecule has 1 aromatic carbocycles. The van der Waals surface area contributed by atoms with Gasteiger partial charge in [0.2, 0.25) is 0 Å². The van der Waals surface area contributed by atoms with Crippen molar-refractivity contribution in [2.75, 3.05) is 13.2 Å². The highest BCUT2D eigenvalue weighted by molar-refractivity contribution is 7.17. The van der Waals surface area contributed by atoms with E-state index in [4.69, 9.17) is 15.9 Å². The fourth-order valence-corrected chi connectivity index (χ4v) is 4.36. The molecular formula is C17H11N3O5S2. The van der Waals surface area contributed by atoms with Gasteiger partial charge in [-0.3, -0.25) is 14.9 Å². The summed E-state index contributed by atoms with van der Waals surface area (Å²) in [6.45, 7) is 1.15. The summed E-state index contributed by atoms with van der Waals surface area (Å²) in [7, 11) is 0. The zero-order valence-electron chi connectivity index (χ0n) is 13.7. The molecule has 3 heterocycles. The Kier molecular flexibility index (Phi) is 4.39. The summed E-state index contributed by atoms with van der Waals surface area (Å²) in [4.78, 5) is 27.5. The predicted molar refractivity (Wildman–Crippen MR) is 101 cm³/mol. The minimum Gasteiger partial charge on any atom is -0.486 e. The van der Waals surface area contributed by atoms with Crippen molar-refractivity contribution in [3.05, 3.63) is 44.1 Å². The van der Waals surface area contributed by atoms with Crippen molar-refractivity contribution in [1.29, 1.82) is 0 Å². The van der Waals surface area contributed by atoms with E-state index in [1.165, 1.54) is 23.5 Å². The third-order valence-corrected chi connectivity index (χ3v) is 5.84. The quantitative estimate of drug-likeness (QED) is 0.382. The lowest BCUT2D eigenvalue weighted by atomic mass is 10.2. The molecule has 0 aliphatic carbocycles. The molecule has 136 valence electrons. The summed E-state index contributed by atoms with van der Waals surface area (Å²) in [6, 6.07) is 6.34. The Hall–Kier alpha value is -3.16. The van der Waals surface area contributed by atoms with E-state index in [0.717, 1.165) is 21.6 Å². The van der Waals surface area contributed by atoms with Crippen molar-refractivity contribution in [2.45, 2.75) is 6.54 Å². The first-order valence-corrected chi connectivity index (χ1v) is 9.40. The summed E-state index contributed by atoms with van der Waals surface area (Å²) < 4.78 is 13.8. The minimum atomic E-state index is -0.553. The van der Waals surface area contributed by atoms with Gasteiger partial charge in [-0.25, -0.2) is 0 Å². The van der Waals surface area contributed by atoms with Crippen LogP contribution in [0, 0.1) is 22.5 Å². The third kappa shape index (κ3) is 3.18. The number of nitrogens with zero attached hydrogens (tertiary/aromatic N) is 3. The first-order chi connectivity index (χ1) is 13.1. The highest BCUT2D eigenvalue weighted by Gasteiger charge is 2.18. The number of thiazole rings is 1. The molecule has 0 atom stereocenters. The number of ether oxygens (including phenoxy) is 2. The molecule has 0 saturated heterocycles. The number of carbonyl (C=O) groups is 1. The zero-order chi connectivity index (χ0) is 19.0. The van der Waals surface area contributed by atoms with Crippen molar-refractivity contribution in [3.8, 4) is 23.8 Å². The average molecular weight is 401 g/mol. The number of hydrogen-bond donors (Lipinski definition) is 0. The summed E-state index contributed by atoms with van der Waals surface area (Å²) in [5.74, 6) is 3.25. The monoisotopic (exact) mass is 401 g/mol. The van der Waals surface area contributed by atoms with Gasteiger partial charge in [0.25, 0.3) is 5.91 Å². The maximum Gasteiger partial charge on any atom is 0.324 e.